The molecule has 1 heterocycles. The van der Waals surface area contributed by atoms with Gasteiger partial charge in [-0.2, -0.15) is 0 Å². The molecule has 0 saturated carbocycles. The second-order valence-electron chi connectivity index (χ2n) is 4.16. The summed E-state index contributed by atoms with van der Waals surface area (Å²) in [5, 5.41) is 20.9. The monoisotopic (exact) mass is 216 g/mol. The van der Waals surface area contributed by atoms with Gasteiger partial charge in [0.2, 0.25) is 0 Å². The average molecular weight is 216 g/mol. The van der Waals surface area contributed by atoms with Gasteiger partial charge in [0.05, 0.1) is 6.17 Å². The highest BCUT2D eigenvalue weighted by molar-refractivity contribution is 4.77. The van der Waals surface area contributed by atoms with Crippen LogP contribution in [-0.4, -0.2) is 54.1 Å². The lowest BCUT2D eigenvalue weighted by molar-refractivity contribution is 0.204. The zero-order valence-corrected chi connectivity index (χ0v) is 9.49. The van der Waals surface area contributed by atoms with Crippen molar-refractivity contribution in [3.63, 3.8) is 0 Å². The van der Waals surface area contributed by atoms with Crippen LogP contribution in [0.15, 0.2) is 0 Å². The van der Waals surface area contributed by atoms with Gasteiger partial charge in [0, 0.05) is 26.3 Å². The molecule has 90 valence electrons. The lowest BCUT2D eigenvalue weighted by atomic mass is 10.2. The first-order valence-corrected chi connectivity index (χ1v) is 6.07. The minimum absolute atomic E-state index is 0.302. The molecule has 4 heteroatoms. The molecule has 0 aromatic rings. The van der Waals surface area contributed by atoms with Crippen LogP contribution >= 0.6 is 0 Å². The first-order chi connectivity index (χ1) is 7.38. The summed E-state index contributed by atoms with van der Waals surface area (Å²) in [4.78, 5) is 2.45. The van der Waals surface area contributed by atoms with E-state index in [2.05, 4.69) is 10.2 Å². The van der Waals surface area contributed by atoms with Crippen molar-refractivity contribution in [2.24, 2.45) is 0 Å². The van der Waals surface area contributed by atoms with E-state index in [0.29, 0.717) is 19.4 Å². The maximum atomic E-state index is 8.72. The van der Waals surface area contributed by atoms with E-state index in [4.69, 9.17) is 10.2 Å². The molecular weight excluding hydrogens is 192 g/mol. The number of unbranched alkanes of at least 4 members (excludes halogenated alkanes) is 2. The Morgan fingerprint density at radius 2 is 1.80 bits per heavy atom. The molecule has 1 fully saturated rings. The topological polar surface area (TPSA) is 55.7 Å². The van der Waals surface area contributed by atoms with Crippen molar-refractivity contribution in [1.82, 2.24) is 10.2 Å². The van der Waals surface area contributed by atoms with E-state index in [9.17, 15) is 0 Å². The number of rotatable bonds is 8. The summed E-state index contributed by atoms with van der Waals surface area (Å²) in [6.45, 7) is 3.88. The first kappa shape index (κ1) is 12.9. The highest BCUT2D eigenvalue weighted by Gasteiger charge is 2.22. The third kappa shape index (κ3) is 4.93. The molecule has 0 radical (unpaired) electrons. The van der Waals surface area contributed by atoms with Crippen LogP contribution in [-0.2, 0) is 0 Å². The summed E-state index contributed by atoms with van der Waals surface area (Å²) in [5.41, 5.74) is 0. The van der Waals surface area contributed by atoms with E-state index in [0.717, 1.165) is 51.7 Å². The molecule has 0 aliphatic carbocycles. The van der Waals surface area contributed by atoms with Crippen molar-refractivity contribution < 1.29 is 10.2 Å². The number of hydrogen-bond donors (Lipinski definition) is 3. The second-order valence-corrected chi connectivity index (χ2v) is 4.16. The normalized spacial score (nSPS) is 22.4. The Hall–Kier alpha value is -0.160. The summed E-state index contributed by atoms with van der Waals surface area (Å²) < 4.78 is 0. The van der Waals surface area contributed by atoms with Gasteiger partial charge in [0.15, 0.2) is 0 Å². The van der Waals surface area contributed by atoms with Gasteiger partial charge in [0.1, 0.15) is 0 Å². The quantitative estimate of drug-likeness (QED) is 0.506. The van der Waals surface area contributed by atoms with Crippen LogP contribution in [0, 0.1) is 0 Å². The van der Waals surface area contributed by atoms with Gasteiger partial charge in [-0.3, -0.25) is 4.90 Å². The molecule has 1 atom stereocenters. The fraction of sp³-hybridized carbons (Fsp3) is 1.00. The minimum atomic E-state index is 0.302. The fourth-order valence-corrected chi connectivity index (χ4v) is 2.09. The van der Waals surface area contributed by atoms with Gasteiger partial charge in [-0.05, 0) is 38.6 Å². The molecule has 1 saturated heterocycles. The van der Waals surface area contributed by atoms with Gasteiger partial charge in [-0.1, -0.05) is 0 Å². The molecule has 1 rings (SSSR count). The van der Waals surface area contributed by atoms with E-state index in [1.54, 1.807) is 0 Å². The van der Waals surface area contributed by atoms with Crippen LogP contribution in [0.1, 0.15) is 32.1 Å². The Labute approximate surface area is 92.3 Å². The molecule has 15 heavy (non-hydrogen) atoms. The van der Waals surface area contributed by atoms with Gasteiger partial charge in [-0.15, -0.1) is 0 Å². The maximum absolute atomic E-state index is 8.72. The Kier molecular flexibility index (Phi) is 6.92. The maximum Gasteiger partial charge on any atom is 0.0597 e. The summed E-state index contributed by atoms with van der Waals surface area (Å²) in [5.74, 6) is 0. The standard InChI is InChI=1S/C11H24N2O2/c14-9-3-1-5-11-12-6-8-13(11)7-2-4-10-15/h11-12,14-15H,1-10H2. The molecule has 1 aliphatic rings. The molecule has 3 N–H and O–H groups in total. The third-order valence-electron chi connectivity index (χ3n) is 2.96. The zero-order valence-electron chi connectivity index (χ0n) is 9.49. The number of nitrogens with one attached hydrogen (secondary N) is 1. The van der Waals surface area contributed by atoms with Crippen LogP contribution in [0.3, 0.4) is 0 Å². The SMILES string of the molecule is OCCCCC1NCCN1CCCCO. The van der Waals surface area contributed by atoms with Gasteiger partial charge in [-0.25, -0.2) is 0 Å². The largest absolute Gasteiger partial charge is 0.396 e. The minimum Gasteiger partial charge on any atom is -0.396 e. The van der Waals surface area contributed by atoms with Crippen LogP contribution in [0.5, 0.6) is 0 Å². The van der Waals surface area contributed by atoms with Crippen molar-refractivity contribution in [1.29, 1.82) is 0 Å². The van der Waals surface area contributed by atoms with E-state index >= 15 is 0 Å². The smallest absolute Gasteiger partial charge is 0.0597 e. The Bertz CT molecular complexity index is 140. The van der Waals surface area contributed by atoms with Crippen LogP contribution in [0.4, 0.5) is 0 Å². The third-order valence-corrected chi connectivity index (χ3v) is 2.96. The molecule has 1 aliphatic heterocycles. The second kappa shape index (κ2) is 8.05. The predicted octanol–water partition coefficient (Wildman–Crippen LogP) is 0.153. The number of hydrogen-bond acceptors (Lipinski definition) is 4. The molecule has 1 unspecified atom stereocenters. The van der Waals surface area contributed by atoms with Gasteiger partial charge >= 0.3 is 0 Å². The van der Waals surface area contributed by atoms with Crippen molar-refractivity contribution in [2.75, 3.05) is 32.8 Å². The summed E-state index contributed by atoms with van der Waals surface area (Å²) in [6.07, 6.45) is 5.59. The molecule has 0 aromatic carbocycles. The average Bonchev–Trinajstić information content (AvgIpc) is 2.67. The van der Waals surface area contributed by atoms with Crippen LogP contribution in [0.25, 0.3) is 0 Å². The van der Waals surface area contributed by atoms with E-state index in [1.165, 1.54) is 0 Å². The molecule has 0 spiro atoms. The lowest BCUT2D eigenvalue weighted by Crippen LogP contribution is -2.36. The number of aliphatic hydroxyl groups is 2. The Balaban J connectivity index is 2.11. The number of nitrogens with zero attached hydrogens (tertiary/aromatic N) is 1. The number of aliphatic hydroxyl groups excluding tert-OH is 2. The molecule has 0 amide bonds. The van der Waals surface area contributed by atoms with Crippen molar-refractivity contribution in [3.8, 4) is 0 Å². The van der Waals surface area contributed by atoms with E-state index in [-0.39, 0.29) is 0 Å². The Morgan fingerprint density at radius 3 is 2.53 bits per heavy atom. The summed E-state index contributed by atoms with van der Waals surface area (Å²) >= 11 is 0. The predicted molar refractivity (Wildman–Crippen MR) is 60.6 cm³/mol. The zero-order chi connectivity index (χ0) is 10.9. The molecular formula is C11H24N2O2. The first-order valence-electron chi connectivity index (χ1n) is 6.07. The van der Waals surface area contributed by atoms with Gasteiger partial charge in [0.25, 0.3) is 0 Å². The van der Waals surface area contributed by atoms with E-state index in [1.807, 2.05) is 0 Å². The summed E-state index contributed by atoms with van der Waals surface area (Å²) in [7, 11) is 0. The molecule has 0 bridgehead atoms. The highest BCUT2D eigenvalue weighted by atomic mass is 16.3. The lowest BCUT2D eigenvalue weighted by Gasteiger charge is -2.23. The summed E-state index contributed by atoms with van der Waals surface area (Å²) in [6, 6.07) is 0. The van der Waals surface area contributed by atoms with Gasteiger partial charge < -0.3 is 15.5 Å². The van der Waals surface area contributed by atoms with E-state index < -0.39 is 0 Å². The molecule has 0 aromatic heterocycles. The van der Waals surface area contributed by atoms with Crippen LogP contribution < -0.4 is 5.32 Å². The van der Waals surface area contributed by atoms with Crippen LogP contribution in [0.2, 0.25) is 0 Å². The molecule has 4 nitrogen and oxygen atoms in total. The Morgan fingerprint density at radius 1 is 1.07 bits per heavy atom. The fourth-order valence-electron chi connectivity index (χ4n) is 2.09. The van der Waals surface area contributed by atoms with Crippen molar-refractivity contribution >= 4 is 0 Å². The van der Waals surface area contributed by atoms with Crippen molar-refractivity contribution in [2.45, 2.75) is 38.3 Å². The van der Waals surface area contributed by atoms with Crippen molar-refractivity contribution in [3.05, 3.63) is 0 Å². The highest BCUT2D eigenvalue weighted by Crippen LogP contribution is 2.11.